The third kappa shape index (κ3) is 6.72. The highest BCUT2D eigenvalue weighted by Crippen LogP contribution is 2.25. The summed E-state index contributed by atoms with van der Waals surface area (Å²) < 4.78 is 5.59. The van der Waals surface area contributed by atoms with E-state index in [1.54, 1.807) is 54.6 Å². The molecule has 0 aliphatic heterocycles. The first kappa shape index (κ1) is 23.6. The Morgan fingerprint density at radius 1 is 1.06 bits per heavy atom. The van der Waals surface area contributed by atoms with Crippen molar-refractivity contribution < 1.29 is 19.4 Å². The van der Waals surface area contributed by atoms with Crippen molar-refractivity contribution in [2.45, 2.75) is 13.0 Å². The lowest BCUT2D eigenvalue weighted by Crippen LogP contribution is -2.16. The monoisotopic (exact) mass is 466 g/mol. The Balaban J connectivity index is 1.73. The van der Waals surface area contributed by atoms with Crippen LogP contribution in [0.5, 0.6) is 5.75 Å². The molecule has 0 aliphatic carbocycles. The van der Waals surface area contributed by atoms with Crippen molar-refractivity contribution >= 4 is 40.7 Å². The van der Waals surface area contributed by atoms with Crippen LogP contribution >= 0.6 is 11.6 Å². The second-order valence-corrected chi connectivity index (χ2v) is 7.52. The first-order valence-electron chi connectivity index (χ1n) is 10.0. The number of amidine groups is 1. The van der Waals surface area contributed by atoms with Gasteiger partial charge in [-0.2, -0.15) is 0 Å². The Kier molecular flexibility index (Phi) is 7.88. The molecule has 3 aromatic carbocycles. The maximum Gasteiger partial charge on any atom is 0.306 e. The number of carbonyl (C=O) groups excluding carboxylic acids is 1. The molecular formula is C24H23ClN4O4. The highest BCUT2D eigenvalue weighted by Gasteiger charge is 2.14. The molecule has 8 nitrogen and oxygen atoms in total. The fourth-order valence-corrected chi connectivity index (χ4v) is 3.19. The minimum Gasteiger partial charge on any atom is -0.493 e. The van der Waals surface area contributed by atoms with Crippen LogP contribution in [0.1, 0.15) is 27.9 Å². The van der Waals surface area contributed by atoms with Gasteiger partial charge in [-0.05, 0) is 48.5 Å². The zero-order valence-electron chi connectivity index (χ0n) is 17.6. The lowest BCUT2D eigenvalue weighted by molar-refractivity contribution is -0.137. The number of amides is 1. The maximum atomic E-state index is 12.9. The molecule has 0 bridgehead atoms. The summed E-state index contributed by atoms with van der Waals surface area (Å²) in [6.07, 6.45) is -0.101. The zero-order valence-corrected chi connectivity index (χ0v) is 18.4. The molecule has 0 aromatic heterocycles. The van der Waals surface area contributed by atoms with Crippen molar-refractivity contribution in [2.75, 3.05) is 17.2 Å². The maximum absolute atomic E-state index is 12.9. The van der Waals surface area contributed by atoms with E-state index in [2.05, 4.69) is 10.6 Å². The average Bonchev–Trinajstić information content (AvgIpc) is 2.79. The molecule has 9 heteroatoms. The summed E-state index contributed by atoms with van der Waals surface area (Å²) in [5.74, 6) is -0.780. The van der Waals surface area contributed by atoms with E-state index in [1.165, 1.54) is 0 Å². The summed E-state index contributed by atoms with van der Waals surface area (Å²) in [5, 5.41) is 22.7. The lowest BCUT2D eigenvalue weighted by Gasteiger charge is -2.15. The van der Waals surface area contributed by atoms with E-state index >= 15 is 0 Å². The number of nitrogens with two attached hydrogens (primary N) is 1. The predicted molar refractivity (Wildman–Crippen MR) is 128 cm³/mol. The Morgan fingerprint density at radius 3 is 2.48 bits per heavy atom. The molecule has 0 aliphatic rings. The van der Waals surface area contributed by atoms with Crippen molar-refractivity contribution in [2.24, 2.45) is 5.73 Å². The van der Waals surface area contributed by atoms with Crippen molar-refractivity contribution in [1.82, 2.24) is 0 Å². The minimum atomic E-state index is -0.932. The number of nitrogen functional groups attached to an aromatic ring is 1. The van der Waals surface area contributed by atoms with Gasteiger partial charge in [0, 0.05) is 34.1 Å². The largest absolute Gasteiger partial charge is 0.493 e. The van der Waals surface area contributed by atoms with Crippen LogP contribution in [0, 0.1) is 5.41 Å². The van der Waals surface area contributed by atoms with Crippen molar-refractivity contribution in [3.8, 4) is 5.75 Å². The van der Waals surface area contributed by atoms with Crippen molar-refractivity contribution in [3.63, 3.8) is 0 Å². The molecule has 0 spiro atoms. The molecule has 0 heterocycles. The number of ether oxygens (including phenoxy) is 1. The number of rotatable bonds is 10. The Labute approximate surface area is 195 Å². The molecule has 170 valence electrons. The fraction of sp³-hybridized carbons (Fsp3) is 0.125. The van der Waals surface area contributed by atoms with Crippen molar-refractivity contribution in [1.29, 1.82) is 5.41 Å². The average molecular weight is 467 g/mol. The molecule has 6 N–H and O–H groups in total. The van der Waals surface area contributed by atoms with Gasteiger partial charge in [-0.3, -0.25) is 15.0 Å². The van der Waals surface area contributed by atoms with Crippen LogP contribution in [0.25, 0.3) is 0 Å². The number of anilines is 2. The quantitative estimate of drug-likeness (QED) is 0.222. The molecule has 0 unspecified atom stereocenters. The number of aliphatic carboxylic acids is 1. The number of benzene rings is 3. The number of para-hydroxylation sites is 1. The van der Waals surface area contributed by atoms with Gasteiger partial charge in [-0.1, -0.05) is 29.8 Å². The topological polar surface area (TPSA) is 138 Å². The van der Waals surface area contributed by atoms with Gasteiger partial charge < -0.3 is 26.2 Å². The van der Waals surface area contributed by atoms with Gasteiger partial charge >= 0.3 is 5.97 Å². The van der Waals surface area contributed by atoms with E-state index in [1.807, 2.05) is 12.1 Å². The number of halogens is 1. The molecule has 1 amide bonds. The van der Waals surface area contributed by atoms with Gasteiger partial charge in [0.05, 0.1) is 18.6 Å². The lowest BCUT2D eigenvalue weighted by atomic mass is 10.1. The number of carboxylic acids is 1. The molecule has 0 fully saturated rings. The van der Waals surface area contributed by atoms with E-state index in [-0.39, 0.29) is 24.8 Å². The molecule has 33 heavy (non-hydrogen) atoms. The van der Waals surface area contributed by atoms with E-state index < -0.39 is 5.97 Å². The second kappa shape index (κ2) is 11.0. The molecule has 3 rings (SSSR count). The summed E-state index contributed by atoms with van der Waals surface area (Å²) in [6.45, 7) is 0.405. The first-order chi connectivity index (χ1) is 15.8. The van der Waals surface area contributed by atoms with Crippen LogP contribution in [-0.4, -0.2) is 29.4 Å². The Morgan fingerprint density at radius 2 is 1.79 bits per heavy atom. The van der Waals surface area contributed by atoms with E-state index in [4.69, 9.17) is 32.6 Å². The fourth-order valence-electron chi connectivity index (χ4n) is 3.02. The van der Waals surface area contributed by atoms with Gasteiger partial charge in [-0.15, -0.1) is 0 Å². The minimum absolute atomic E-state index is 0.0542. The second-order valence-electron chi connectivity index (χ2n) is 7.09. The van der Waals surface area contributed by atoms with Crippen LogP contribution in [0.4, 0.5) is 11.4 Å². The van der Waals surface area contributed by atoms with Gasteiger partial charge in [-0.25, -0.2) is 0 Å². The zero-order chi connectivity index (χ0) is 23.8. The van der Waals surface area contributed by atoms with Gasteiger partial charge in [0.25, 0.3) is 5.91 Å². The Hall–Kier alpha value is -4.04. The first-order valence-corrected chi connectivity index (χ1v) is 10.4. The van der Waals surface area contributed by atoms with Crippen LogP contribution in [0.2, 0.25) is 5.02 Å². The summed E-state index contributed by atoms with van der Waals surface area (Å²) in [4.78, 5) is 23.7. The summed E-state index contributed by atoms with van der Waals surface area (Å²) in [7, 11) is 0. The highest BCUT2D eigenvalue weighted by molar-refractivity contribution is 6.31. The normalized spacial score (nSPS) is 10.3. The molecule has 0 atom stereocenters. The number of carbonyl (C=O) groups is 2. The molecule has 0 saturated heterocycles. The Bertz CT molecular complexity index is 1170. The molecule has 0 saturated carbocycles. The van der Waals surface area contributed by atoms with Crippen LogP contribution in [0.3, 0.4) is 0 Å². The summed E-state index contributed by atoms with van der Waals surface area (Å²) in [6, 6.07) is 18.9. The molecule has 3 aromatic rings. The van der Waals surface area contributed by atoms with Crippen LogP contribution in [-0.2, 0) is 11.3 Å². The van der Waals surface area contributed by atoms with Crippen LogP contribution < -0.4 is 21.1 Å². The smallest absolute Gasteiger partial charge is 0.306 e. The van der Waals surface area contributed by atoms with E-state index in [0.717, 1.165) is 5.56 Å². The van der Waals surface area contributed by atoms with E-state index in [9.17, 15) is 9.59 Å². The van der Waals surface area contributed by atoms with Crippen molar-refractivity contribution in [3.05, 3.63) is 88.4 Å². The van der Waals surface area contributed by atoms with Crippen LogP contribution in [0.15, 0.2) is 66.7 Å². The third-order valence-corrected chi connectivity index (χ3v) is 4.93. The predicted octanol–water partition coefficient (Wildman–Crippen LogP) is 4.34. The number of carboxylic acid groups (broad SMARTS) is 1. The standard InChI is InChI=1S/C24H23ClN4O4/c25-17-7-10-20(28-14-16-3-1-2-4-21(16)33-12-11-22(30)31)19(13-17)24(32)29-18-8-5-15(6-9-18)23(26)27/h1-10,13,28H,11-12,14H2,(H3,26,27)(H,29,32)(H,30,31). The third-order valence-electron chi connectivity index (χ3n) is 4.70. The summed E-state index contributed by atoms with van der Waals surface area (Å²) in [5.41, 5.74) is 8.30. The van der Waals surface area contributed by atoms with E-state index in [0.29, 0.717) is 39.8 Å². The summed E-state index contributed by atoms with van der Waals surface area (Å²) >= 11 is 6.13. The van der Waals surface area contributed by atoms with Gasteiger partial charge in [0.2, 0.25) is 0 Å². The molecule has 0 radical (unpaired) electrons. The number of nitrogens with one attached hydrogen (secondary N) is 3. The number of hydrogen-bond donors (Lipinski definition) is 5. The molecular weight excluding hydrogens is 444 g/mol. The highest BCUT2D eigenvalue weighted by atomic mass is 35.5. The number of hydrogen-bond acceptors (Lipinski definition) is 5. The van der Waals surface area contributed by atoms with Gasteiger partial charge in [0.15, 0.2) is 0 Å². The van der Waals surface area contributed by atoms with Gasteiger partial charge in [0.1, 0.15) is 11.6 Å². The SMILES string of the molecule is N=C(N)c1ccc(NC(=O)c2cc(Cl)ccc2NCc2ccccc2OCCC(=O)O)cc1.